The number of hydrogen-bond acceptors (Lipinski definition) is 6. The third kappa shape index (κ3) is 3.44. The number of thiazole rings is 1. The van der Waals surface area contributed by atoms with Crippen molar-refractivity contribution in [3.8, 4) is 0 Å². The van der Waals surface area contributed by atoms with Gasteiger partial charge in [-0.1, -0.05) is 13.8 Å². The van der Waals surface area contributed by atoms with E-state index in [1.807, 2.05) is 17.2 Å². The van der Waals surface area contributed by atoms with Crippen LogP contribution in [0.15, 0.2) is 11.6 Å². The Balaban J connectivity index is 1.78. The van der Waals surface area contributed by atoms with E-state index < -0.39 is 5.54 Å². The molecule has 2 aliphatic rings. The smallest absolute Gasteiger partial charge is 0.327 e. The van der Waals surface area contributed by atoms with Gasteiger partial charge in [-0.3, -0.25) is 9.69 Å². The fourth-order valence-corrected chi connectivity index (χ4v) is 4.52. The van der Waals surface area contributed by atoms with Crippen molar-refractivity contribution < 1.29 is 14.3 Å². The van der Waals surface area contributed by atoms with Crippen molar-refractivity contribution in [3.05, 3.63) is 11.6 Å². The molecule has 2 aliphatic heterocycles. The van der Waals surface area contributed by atoms with Gasteiger partial charge < -0.3 is 14.5 Å². The summed E-state index contributed by atoms with van der Waals surface area (Å²) < 4.78 is 5.37. The molecular formula is C18H28N4O3S. The van der Waals surface area contributed by atoms with E-state index in [9.17, 15) is 9.59 Å². The van der Waals surface area contributed by atoms with Crippen molar-refractivity contribution >= 4 is 28.4 Å². The average Bonchev–Trinajstić information content (AvgIpc) is 3.21. The summed E-state index contributed by atoms with van der Waals surface area (Å²) in [5.74, 6) is 0.258. The van der Waals surface area contributed by atoms with E-state index >= 15 is 0 Å². The summed E-state index contributed by atoms with van der Waals surface area (Å²) in [5, 5.41) is 2.95. The molecular weight excluding hydrogens is 352 g/mol. The zero-order valence-electron chi connectivity index (χ0n) is 15.8. The Morgan fingerprint density at radius 3 is 2.62 bits per heavy atom. The minimum Gasteiger partial charge on any atom is -0.380 e. The Morgan fingerprint density at radius 2 is 2.04 bits per heavy atom. The van der Waals surface area contributed by atoms with Crippen molar-refractivity contribution in [2.45, 2.75) is 39.2 Å². The van der Waals surface area contributed by atoms with Crippen molar-refractivity contribution in [2.75, 3.05) is 44.3 Å². The minimum absolute atomic E-state index is 0.0540. The van der Waals surface area contributed by atoms with Crippen molar-refractivity contribution in [3.63, 3.8) is 0 Å². The largest absolute Gasteiger partial charge is 0.380 e. The van der Waals surface area contributed by atoms with Crippen LogP contribution in [-0.2, 0) is 9.53 Å². The van der Waals surface area contributed by atoms with E-state index in [1.165, 1.54) is 4.90 Å². The monoisotopic (exact) mass is 380 g/mol. The number of anilines is 1. The SMILES string of the molecule is CCOCCN1C(=O)N(CC(C)C)C2(CCN(c3nccs3)CC2)C1=O. The van der Waals surface area contributed by atoms with Crippen LogP contribution in [0.5, 0.6) is 0 Å². The molecule has 144 valence electrons. The highest BCUT2D eigenvalue weighted by Crippen LogP contribution is 2.39. The number of imide groups is 1. The molecule has 2 fully saturated rings. The number of hydrogen-bond donors (Lipinski definition) is 0. The fraction of sp³-hybridized carbons (Fsp3) is 0.722. The molecule has 8 heteroatoms. The predicted octanol–water partition coefficient (Wildman–Crippen LogP) is 2.44. The van der Waals surface area contributed by atoms with Gasteiger partial charge in [0, 0.05) is 37.8 Å². The summed E-state index contributed by atoms with van der Waals surface area (Å²) in [7, 11) is 0. The Morgan fingerprint density at radius 1 is 1.31 bits per heavy atom. The molecule has 0 radical (unpaired) electrons. The number of rotatable bonds is 7. The minimum atomic E-state index is -0.707. The molecule has 0 atom stereocenters. The van der Waals surface area contributed by atoms with Crippen LogP contribution in [0.2, 0.25) is 0 Å². The Kier molecular flexibility index (Phi) is 5.82. The van der Waals surface area contributed by atoms with Gasteiger partial charge in [-0.15, -0.1) is 11.3 Å². The van der Waals surface area contributed by atoms with E-state index in [4.69, 9.17) is 4.74 Å². The van der Waals surface area contributed by atoms with Crippen LogP contribution in [-0.4, -0.2) is 71.7 Å². The lowest BCUT2D eigenvalue weighted by Gasteiger charge is -2.42. The normalized spacial score (nSPS) is 20.1. The Hall–Kier alpha value is -1.67. The van der Waals surface area contributed by atoms with Crippen LogP contribution >= 0.6 is 11.3 Å². The summed E-state index contributed by atoms with van der Waals surface area (Å²) in [5.41, 5.74) is -0.707. The lowest BCUT2D eigenvalue weighted by molar-refractivity contribution is -0.134. The Bertz CT molecular complexity index is 626. The van der Waals surface area contributed by atoms with Crippen molar-refractivity contribution in [1.29, 1.82) is 0 Å². The van der Waals surface area contributed by atoms with E-state index in [0.29, 0.717) is 45.1 Å². The zero-order valence-corrected chi connectivity index (χ0v) is 16.6. The van der Waals surface area contributed by atoms with Gasteiger partial charge in [-0.2, -0.15) is 0 Å². The molecule has 1 aromatic heterocycles. The molecule has 7 nitrogen and oxygen atoms in total. The van der Waals surface area contributed by atoms with Crippen LogP contribution in [0.3, 0.4) is 0 Å². The van der Waals surface area contributed by atoms with Gasteiger partial charge >= 0.3 is 6.03 Å². The van der Waals surface area contributed by atoms with Gasteiger partial charge in [0.2, 0.25) is 0 Å². The first-order valence-corrected chi connectivity index (χ1v) is 10.2. The first-order valence-electron chi connectivity index (χ1n) is 9.35. The first-order chi connectivity index (χ1) is 12.5. The first kappa shape index (κ1) is 19.1. The lowest BCUT2D eigenvalue weighted by atomic mass is 9.85. The van der Waals surface area contributed by atoms with Gasteiger partial charge in [0.25, 0.3) is 5.91 Å². The summed E-state index contributed by atoms with van der Waals surface area (Å²) >= 11 is 1.61. The average molecular weight is 381 g/mol. The third-order valence-electron chi connectivity index (χ3n) is 5.11. The molecule has 0 aromatic carbocycles. The highest BCUT2D eigenvalue weighted by atomic mass is 32.1. The van der Waals surface area contributed by atoms with Crippen LogP contribution in [0, 0.1) is 5.92 Å². The highest BCUT2D eigenvalue weighted by molar-refractivity contribution is 7.13. The van der Waals surface area contributed by atoms with E-state index in [1.54, 1.807) is 17.5 Å². The van der Waals surface area contributed by atoms with Crippen LogP contribution in [0.25, 0.3) is 0 Å². The summed E-state index contributed by atoms with van der Waals surface area (Å²) in [6, 6.07) is -0.161. The molecule has 26 heavy (non-hydrogen) atoms. The zero-order chi connectivity index (χ0) is 18.7. The molecule has 3 amide bonds. The molecule has 1 spiro atoms. The molecule has 1 aromatic rings. The molecule has 0 saturated carbocycles. The van der Waals surface area contributed by atoms with Crippen LogP contribution < -0.4 is 4.90 Å². The van der Waals surface area contributed by atoms with Gasteiger partial charge in [0.1, 0.15) is 5.54 Å². The van der Waals surface area contributed by atoms with E-state index in [0.717, 1.165) is 18.2 Å². The second kappa shape index (κ2) is 7.92. The number of aromatic nitrogens is 1. The Labute approximate surface area is 158 Å². The van der Waals surface area contributed by atoms with Crippen molar-refractivity contribution in [2.24, 2.45) is 5.92 Å². The van der Waals surface area contributed by atoms with Gasteiger partial charge in [-0.25, -0.2) is 9.78 Å². The molecule has 0 bridgehead atoms. The molecule has 0 aliphatic carbocycles. The maximum atomic E-state index is 13.2. The topological polar surface area (TPSA) is 66.0 Å². The number of nitrogens with zero attached hydrogens (tertiary/aromatic N) is 4. The molecule has 0 unspecified atom stereocenters. The standard InChI is InChI=1S/C18H28N4O3S/c1-4-25-11-10-21-15(23)18(22(17(21)24)13-14(2)3)5-8-20(9-6-18)16-19-7-12-26-16/h7,12,14H,4-6,8-11,13H2,1-3H3. The second-order valence-electron chi connectivity index (χ2n) is 7.27. The van der Waals surface area contributed by atoms with Crippen LogP contribution in [0.4, 0.5) is 9.93 Å². The number of amides is 3. The molecule has 2 saturated heterocycles. The van der Waals surface area contributed by atoms with Gasteiger partial charge in [0.15, 0.2) is 5.13 Å². The number of piperidine rings is 1. The van der Waals surface area contributed by atoms with Crippen LogP contribution in [0.1, 0.15) is 33.6 Å². The summed E-state index contributed by atoms with van der Waals surface area (Å²) in [4.78, 5) is 36.0. The summed E-state index contributed by atoms with van der Waals surface area (Å²) in [6.45, 7) is 9.46. The van der Waals surface area contributed by atoms with E-state index in [2.05, 4.69) is 23.7 Å². The van der Waals surface area contributed by atoms with Gasteiger partial charge in [-0.05, 0) is 25.7 Å². The maximum Gasteiger partial charge on any atom is 0.327 e. The van der Waals surface area contributed by atoms with Crippen molar-refractivity contribution in [1.82, 2.24) is 14.8 Å². The maximum absolute atomic E-state index is 13.2. The van der Waals surface area contributed by atoms with E-state index in [-0.39, 0.29) is 11.9 Å². The second-order valence-corrected chi connectivity index (χ2v) is 8.15. The molecule has 3 heterocycles. The third-order valence-corrected chi connectivity index (χ3v) is 5.95. The quantitative estimate of drug-likeness (QED) is 0.537. The highest BCUT2D eigenvalue weighted by Gasteiger charge is 2.57. The number of urea groups is 1. The lowest BCUT2D eigenvalue weighted by Crippen LogP contribution is -2.57. The number of carbonyl (C=O) groups is 2. The number of carbonyl (C=O) groups excluding carboxylic acids is 2. The summed E-state index contributed by atoms with van der Waals surface area (Å²) in [6.07, 6.45) is 3.10. The molecule has 3 rings (SSSR count). The molecule has 0 N–H and O–H groups in total. The number of ether oxygens (including phenoxy) is 1. The van der Waals surface area contributed by atoms with Gasteiger partial charge in [0.05, 0.1) is 13.2 Å². The predicted molar refractivity (Wildman–Crippen MR) is 101 cm³/mol. The fourth-order valence-electron chi connectivity index (χ4n) is 3.82.